The summed E-state index contributed by atoms with van der Waals surface area (Å²) in [5, 5.41) is 13.2. The summed E-state index contributed by atoms with van der Waals surface area (Å²) in [5.41, 5.74) is 0.0797. The Morgan fingerprint density at radius 2 is 1.88 bits per heavy atom. The summed E-state index contributed by atoms with van der Waals surface area (Å²) in [5.74, 6) is -3.16. The van der Waals surface area contributed by atoms with Crippen LogP contribution in [0, 0.1) is 5.82 Å². The SMILES string of the molecule is O=C(O)c1nc(CCl)n(-c2ccc(Cl)cc2C(=O)c2ccccc2F)n1. The molecule has 3 aromatic rings. The molecule has 0 radical (unpaired) electrons. The first-order chi connectivity index (χ1) is 12.4. The molecule has 26 heavy (non-hydrogen) atoms. The van der Waals surface area contributed by atoms with Gasteiger partial charge in [-0.05, 0) is 30.3 Å². The summed E-state index contributed by atoms with van der Waals surface area (Å²) in [4.78, 5) is 27.8. The van der Waals surface area contributed by atoms with E-state index >= 15 is 0 Å². The van der Waals surface area contributed by atoms with Gasteiger partial charge in [-0.3, -0.25) is 4.79 Å². The number of nitrogens with zero attached hydrogens (tertiary/aromatic N) is 3. The van der Waals surface area contributed by atoms with Crippen LogP contribution in [0.3, 0.4) is 0 Å². The van der Waals surface area contributed by atoms with E-state index in [0.29, 0.717) is 0 Å². The van der Waals surface area contributed by atoms with Crippen molar-refractivity contribution < 1.29 is 19.1 Å². The van der Waals surface area contributed by atoms with Gasteiger partial charge in [0, 0.05) is 10.6 Å². The maximum atomic E-state index is 14.0. The standard InChI is InChI=1S/C17H10Cl2FN3O3/c18-8-14-21-16(17(25)26)22-23(14)13-6-5-9(19)7-11(13)15(24)10-3-1-2-4-12(10)20/h1-7H,8H2,(H,25,26). The van der Waals surface area contributed by atoms with E-state index in [1.54, 1.807) is 0 Å². The molecule has 0 aliphatic rings. The third kappa shape index (κ3) is 3.31. The van der Waals surface area contributed by atoms with Gasteiger partial charge in [0.2, 0.25) is 0 Å². The lowest BCUT2D eigenvalue weighted by molar-refractivity contribution is 0.0683. The van der Waals surface area contributed by atoms with Crippen LogP contribution in [-0.2, 0) is 5.88 Å². The second-order valence-electron chi connectivity index (χ2n) is 5.17. The second-order valence-corrected chi connectivity index (χ2v) is 5.88. The maximum Gasteiger partial charge on any atom is 0.375 e. The Morgan fingerprint density at radius 1 is 1.15 bits per heavy atom. The van der Waals surface area contributed by atoms with Crippen molar-refractivity contribution >= 4 is 35.0 Å². The summed E-state index contributed by atoms with van der Waals surface area (Å²) >= 11 is 11.8. The molecule has 9 heteroatoms. The van der Waals surface area contributed by atoms with Crippen LogP contribution in [0.5, 0.6) is 0 Å². The molecule has 0 aliphatic heterocycles. The minimum Gasteiger partial charge on any atom is -0.475 e. The average molecular weight is 394 g/mol. The van der Waals surface area contributed by atoms with E-state index in [9.17, 15) is 14.0 Å². The molecule has 0 fully saturated rings. The van der Waals surface area contributed by atoms with Crippen LogP contribution in [0.25, 0.3) is 5.69 Å². The molecule has 0 bridgehead atoms. The number of aromatic nitrogens is 3. The number of aromatic carboxylic acids is 1. The monoisotopic (exact) mass is 393 g/mol. The Balaban J connectivity index is 2.21. The molecule has 3 rings (SSSR count). The van der Waals surface area contributed by atoms with E-state index in [2.05, 4.69) is 10.1 Å². The largest absolute Gasteiger partial charge is 0.475 e. The van der Waals surface area contributed by atoms with E-state index in [0.717, 1.165) is 4.68 Å². The van der Waals surface area contributed by atoms with Crippen molar-refractivity contribution in [2.24, 2.45) is 0 Å². The van der Waals surface area contributed by atoms with Crippen molar-refractivity contribution in [3.05, 3.63) is 76.1 Å². The Kier molecular flexibility index (Phi) is 5.01. The summed E-state index contributed by atoms with van der Waals surface area (Å²) < 4.78 is 15.2. The third-order valence-electron chi connectivity index (χ3n) is 3.53. The van der Waals surface area contributed by atoms with Crippen LogP contribution >= 0.6 is 23.2 Å². The summed E-state index contributed by atoms with van der Waals surface area (Å²) in [6, 6.07) is 9.82. The van der Waals surface area contributed by atoms with Gasteiger partial charge in [-0.2, -0.15) is 0 Å². The predicted molar refractivity (Wildman–Crippen MR) is 92.7 cm³/mol. The number of carboxylic acids is 1. The number of carbonyl (C=O) groups excluding carboxylic acids is 1. The van der Waals surface area contributed by atoms with Crippen LogP contribution in [0.4, 0.5) is 4.39 Å². The molecule has 132 valence electrons. The lowest BCUT2D eigenvalue weighted by atomic mass is 10.0. The summed E-state index contributed by atoms with van der Waals surface area (Å²) in [6.45, 7) is 0. The molecule has 6 nitrogen and oxygen atoms in total. The second kappa shape index (κ2) is 7.23. The van der Waals surface area contributed by atoms with Gasteiger partial charge >= 0.3 is 5.97 Å². The number of benzene rings is 2. The quantitative estimate of drug-likeness (QED) is 0.527. The van der Waals surface area contributed by atoms with Crippen molar-refractivity contribution in [2.75, 3.05) is 0 Å². The Morgan fingerprint density at radius 3 is 2.54 bits per heavy atom. The van der Waals surface area contributed by atoms with Gasteiger partial charge in [0.05, 0.1) is 17.1 Å². The molecule has 1 heterocycles. The van der Waals surface area contributed by atoms with Gasteiger partial charge in [-0.15, -0.1) is 16.7 Å². The highest BCUT2D eigenvalue weighted by molar-refractivity contribution is 6.31. The van der Waals surface area contributed by atoms with Gasteiger partial charge < -0.3 is 5.11 Å². The Hall–Kier alpha value is -2.77. The Bertz CT molecular complexity index is 1020. The normalized spacial score (nSPS) is 10.7. The molecule has 0 atom stereocenters. The van der Waals surface area contributed by atoms with Gasteiger partial charge in [0.25, 0.3) is 5.82 Å². The molecule has 0 aliphatic carbocycles. The molecule has 2 aromatic carbocycles. The first-order valence-electron chi connectivity index (χ1n) is 7.26. The van der Waals surface area contributed by atoms with Crippen molar-refractivity contribution in [3.63, 3.8) is 0 Å². The minimum absolute atomic E-state index is 0.0378. The summed E-state index contributed by atoms with van der Waals surface area (Å²) in [7, 11) is 0. The van der Waals surface area contributed by atoms with Crippen LogP contribution in [0.15, 0.2) is 42.5 Å². The number of carboxylic acid groups (broad SMARTS) is 1. The third-order valence-corrected chi connectivity index (χ3v) is 4.01. The zero-order valence-corrected chi connectivity index (χ0v) is 14.5. The predicted octanol–water partition coefficient (Wildman–Crippen LogP) is 3.73. The number of carbonyl (C=O) groups is 2. The molecular formula is C17H10Cl2FN3O3. The molecule has 1 N–H and O–H groups in total. The highest BCUT2D eigenvalue weighted by Crippen LogP contribution is 2.25. The number of halogens is 3. The first-order valence-corrected chi connectivity index (χ1v) is 8.18. The van der Waals surface area contributed by atoms with Crippen molar-refractivity contribution in [3.8, 4) is 5.69 Å². The Labute approximate surface area is 156 Å². The lowest BCUT2D eigenvalue weighted by Gasteiger charge is -2.11. The molecule has 0 saturated heterocycles. The number of ketones is 1. The smallest absolute Gasteiger partial charge is 0.375 e. The van der Waals surface area contributed by atoms with Crippen LogP contribution in [-0.4, -0.2) is 31.6 Å². The van der Waals surface area contributed by atoms with Crippen molar-refractivity contribution in [2.45, 2.75) is 5.88 Å². The van der Waals surface area contributed by atoms with Gasteiger partial charge in [-0.25, -0.2) is 18.9 Å². The average Bonchev–Trinajstić information content (AvgIpc) is 3.06. The zero-order chi connectivity index (χ0) is 18.8. The molecular weight excluding hydrogens is 384 g/mol. The zero-order valence-electron chi connectivity index (χ0n) is 13.0. The van der Waals surface area contributed by atoms with Crippen molar-refractivity contribution in [1.29, 1.82) is 0 Å². The molecule has 0 spiro atoms. The highest BCUT2D eigenvalue weighted by Gasteiger charge is 2.22. The number of hydrogen-bond donors (Lipinski definition) is 1. The van der Waals surface area contributed by atoms with Gasteiger partial charge in [0.1, 0.15) is 11.6 Å². The van der Waals surface area contributed by atoms with Crippen LogP contribution in [0.2, 0.25) is 5.02 Å². The first kappa shape index (κ1) is 18.0. The fourth-order valence-corrected chi connectivity index (χ4v) is 2.72. The van der Waals surface area contributed by atoms with E-state index < -0.39 is 23.4 Å². The van der Waals surface area contributed by atoms with Gasteiger partial charge in [-0.1, -0.05) is 23.7 Å². The fraction of sp³-hybridized carbons (Fsp3) is 0.0588. The highest BCUT2D eigenvalue weighted by atomic mass is 35.5. The number of alkyl halides is 1. The topological polar surface area (TPSA) is 85.1 Å². The van der Waals surface area contributed by atoms with Gasteiger partial charge in [0.15, 0.2) is 5.78 Å². The fourth-order valence-electron chi connectivity index (χ4n) is 2.38. The summed E-state index contributed by atoms with van der Waals surface area (Å²) in [6.07, 6.45) is 0. The number of hydrogen-bond acceptors (Lipinski definition) is 4. The van der Waals surface area contributed by atoms with Crippen molar-refractivity contribution in [1.82, 2.24) is 14.8 Å². The maximum absolute atomic E-state index is 14.0. The lowest BCUT2D eigenvalue weighted by Crippen LogP contribution is -2.12. The molecule has 0 saturated carbocycles. The molecule has 1 aromatic heterocycles. The minimum atomic E-state index is -1.34. The van der Waals surface area contributed by atoms with E-state index in [1.165, 1.54) is 42.5 Å². The van der Waals surface area contributed by atoms with E-state index in [1.807, 2.05) is 0 Å². The van der Waals surface area contributed by atoms with Crippen LogP contribution < -0.4 is 0 Å². The van der Waals surface area contributed by atoms with E-state index in [-0.39, 0.29) is 33.5 Å². The number of rotatable bonds is 5. The van der Waals surface area contributed by atoms with Crippen LogP contribution in [0.1, 0.15) is 32.4 Å². The molecule has 0 unspecified atom stereocenters. The molecule has 0 amide bonds. The van der Waals surface area contributed by atoms with E-state index in [4.69, 9.17) is 28.3 Å².